The number of benzene rings is 1. The van der Waals surface area contributed by atoms with Crippen molar-refractivity contribution in [1.82, 2.24) is 18.8 Å². The number of imidazole rings is 1. The smallest absolute Gasteiger partial charge is 0.324 e. The number of halogens is 1. The second-order valence-electron chi connectivity index (χ2n) is 9.13. The van der Waals surface area contributed by atoms with Gasteiger partial charge < -0.3 is 9.30 Å². The lowest BCUT2D eigenvalue weighted by Crippen LogP contribution is -2.41. The highest BCUT2D eigenvalue weighted by molar-refractivity contribution is 7.89. The SMILES string of the molecule is COC(=O)[C@@H]1CCCN1S(=O)(=O)c1ccc(Cn2c(C3CC3)nc3c(C)cc(C)nc32)c(Cl)c1. The molecule has 2 aliphatic rings. The van der Waals surface area contributed by atoms with E-state index in [1.165, 1.54) is 17.5 Å². The van der Waals surface area contributed by atoms with E-state index in [4.69, 9.17) is 26.3 Å². The number of hydrogen-bond acceptors (Lipinski definition) is 6. The summed E-state index contributed by atoms with van der Waals surface area (Å²) in [4.78, 5) is 21.8. The molecule has 0 N–H and O–H groups in total. The third-order valence-corrected chi connectivity index (χ3v) is 8.89. The summed E-state index contributed by atoms with van der Waals surface area (Å²) < 4.78 is 34.7. The normalized spacial score (nSPS) is 19.1. The monoisotopic (exact) mass is 502 g/mol. The zero-order valence-electron chi connectivity index (χ0n) is 19.4. The van der Waals surface area contributed by atoms with Gasteiger partial charge in [0, 0.05) is 23.2 Å². The molecule has 5 rings (SSSR count). The number of sulfonamides is 1. The lowest BCUT2D eigenvalue weighted by atomic mass is 10.2. The van der Waals surface area contributed by atoms with Gasteiger partial charge in [-0.25, -0.2) is 18.4 Å². The van der Waals surface area contributed by atoms with E-state index in [2.05, 4.69) is 4.57 Å². The summed E-state index contributed by atoms with van der Waals surface area (Å²) in [7, 11) is -2.62. The Labute approximate surface area is 203 Å². The van der Waals surface area contributed by atoms with Crippen LogP contribution < -0.4 is 0 Å². The summed E-state index contributed by atoms with van der Waals surface area (Å²) in [5.74, 6) is 0.876. The fourth-order valence-electron chi connectivity index (χ4n) is 4.75. The van der Waals surface area contributed by atoms with E-state index in [0.717, 1.165) is 46.7 Å². The van der Waals surface area contributed by atoms with E-state index in [1.807, 2.05) is 19.9 Å². The number of aryl methyl sites for hydroxylation is 2. The molecule has 0 radical (unpaired) electrons. The first-order chi connectivity index (χ1) is 16.2. The van der Waals surface area contributed by atoms with E-state index < -0.39 is 22.0 Å². The molecule has 8 nitrogen and oxygen atoms in total. The third kappa shape index (κ3) is 3.99. The van der Waals surface area contributed by atoms with Crippen molar-refractivity contribution in [3.05, 3.63) is 51.9 Å². The van der Waals surface area contributed by atoms with E-state index in [9.17, 15) is 13.2 Å². The Hall–Kier alpha value is -2.49. The maximum absolute atomic E-state index is 13.3. The molecular formula is C24H27ClN4O4S. The number of esters is 1. The molecule has 34 heavy (non-hydrogen) atoms. The van der Waals surface area contributed by atoms with Crippen molar-refractivity contribution in [3.8, 4) is 0 Å². The molecule has 3 heterocycles. The van der Waals surface area contributed by atoms with Gasteiger partial charge in [-0.2, -0.15) is 4.31 Å². The topological polar surface area (TPSA) is 94.4 Å². The predicted octanol–water partition coefficient (Wildman–Crippen LogP) is 3.95. The minimum Gasteiger partial charge on any atom is -0.468 e. The molecule has 0 amide bonds. The van der Waals surface area contributed by atoms with Crippen molar-refractivity contribution in [2.75, 3.05) is 13.7 Å². The van der Waals surface area contributed by atoms with Crippen LogP contribution in [0.25, 0.3) is 11.2 Å². The van der Waals surface area contributed by atoms with Gasteiger partial charge in [0.05, 0.1) is 18.6 Å². The highest BCUT2D eigenvalue weighted by Crippen LogP contribution is 2.41. The van der Waals surface area contributed by atoms with E-state index in [1.54, 1.807) is 12.1 Å². The first kappa shape index (κ1) is 23.3. The second-order valence-corrected chi connectivity index (χ2v) is 11.4. The molecule has 0 bridgehead atoms. The summed E-state index contributed by atoms with van der Waals surface area (Å²) in [6.07, 6.45) is 3.25. The summed E-state index contributed by atoms with van der Waals surface area (Å²) in [6, 6.07) is 6.00. The molecule has 1 saturated heterocycles. The van der Waals surface area contributed by atoms with E-state index >= 15 is 0 Å². The Kier molecular flexibility index (Phi) is 5.90. The van der Waals surface area contributed by atoms with Gasteiger partial charge in [-0.05, 0) is 68.9 Å². The van der Waals surface area contributed by atoms with Crippen LogP contribution in [0.15, 0.2) is 29.2 Å². The van der Waals surface area contributed by atoms with Crippen LogP contribution in [0.4, 0.5) is 0 Å². The molecular weight excluding hydrogens is 476 g/mol. The highest BCUT2D eigenvalue weighted by atomic mass is 35.5. The molecule has 1 saturated carbocycles. The maximum Gasteiger partial charge on any atom is 0.324 e. The van der Waals surface area contributed by atoms with Gasteiger partial charge in [0.25, 0.3) is 0 Å². The summed E-state index contributed by atoms with van der Waals surface area (Å²) in [6.45, 7) is 4.73. The lowest BCUT2D eigenvalue weighted by molar-refractivity contribution is -0.144. The molecule has 1 atom stereocenters. The summed E-state index contributed by atoms with van der Waals surface area (Å²) >= 11 is 6.62. The fraction of sp³-hybridized carbons (Fsp3) is 0.458. The number of aromatic nitrogens is 3. The van der Waals surface area contributed by atoms with Gasteiger partial charge in [-0.15, -0.1) is 0 Å². The van der Waals surface area contributed by atoms with Crippen LogP contribution in [-0.2, 0) is 26.1 Å². The molecule has 2 aromatic heterocycles. The van der Waals surface area contributed by atoms with Crippen molar-refractivity contribution < 1.29 is 17.9 Å². The largest absolute Gasteiger partial charge is 0.468 e. The Bertz CT molecular complexity index is 1400. The van der Waals surface area contributed by atoms with Crippen LogP contribution in [-0.4, -0.2) is 52.9 Å². The van der Waals surface area contributed by atoms with E-state index in [-0.39, 0.29) is 11.4 Å². The molecule has 10 heteroatoms. The second kappa shape index (κ2) is 8.62. The van der Waals surface area contributed by atoms with Crippen LogP contribution in [0.1, 0.15) is 54.2 Å². The predicted molar refractivity (Wildman–Crippen MR) is 128 cm³/mol. The number of ether oxygens (including phenoxy) is 1. The summed E-state index contributed by atoms with van der Waals surface area (Å²) in [5.41, 5.74) is 4.51. The Morgan fingerprint density at radius 3 is 2.62 bits per heavy atom. The quantitative estimate of drug-likeness (QED) is 0.474. The third-order valence-electron chi connectivity index (χ3n) is 6.63. The number of nitrogens with zero attached hydrogens (tertiary/aromatic N) is 4. The fourth-order valence-corrected chi connectivity index (χ4v) is 6.73. The first-order valence-corrected chi connectivity index (χ1v) is 13.2. The van der Waals surface area contributed by atoms with Crippen molar-refractivity contribution in [3.63, 3.8) is 0 Å². The highest BCUT2D eigenvalue weighted by Gasteiger charge is 2.40. The van der Waals surface area contributed by atoms with Crippen molar-refractivity contribution in [1.29, 1.82) is 0 Å². The molecule has 1 aromatic carbocycles. The molecule has 0 unspecified atom stereocenters. The van der Waals surface area contributed by atoms with Crippen molar-refractivity contribution in [2.45, 2.75) is 62.9 Å². The minimum absolute atomic E-state index is 0.0692. The molecule has 1 aliphatic heterocycles. The van der Waals surface area contributed by atoms with Crippen molar-refractivity contribution in [2.24, 2.45) is 0 Å². The van der Waals surface area contributed by atoms with Crippen LogP contribution in [0.3, 0.4) is 0 Å². The number of fused-ring (bicyclic) bond motifs is 1. The standard InChI is InChI=1S/C24H27ClN4O4S/c1-14-11-15(2)26-23-21(14)27-22(16-6-7-16)28(23)13-17-8-9-18(12-19(17)25)34(31,32)29-10-4-5-20(29)24(30)33-3/h8-9,11-12,16,20H,4-7,10,13H2,1-3H3/t20-/m0/s1. The van der Waals surface area contributed by atoms with Gasteiger partial charge in [0.1, 0.15) is 17.4 Å². The number of carbonyl (C=O) groups excluding carboxylic acids is 1. The van der Waals surface area contributed by atoms with Gasteiger partial charge >= 0.3 is 5.97 Å². The lowest BCUT2D eigenvalue weighted by Gasteiger charge is -2.22. The van der Waals surface area contributed by atoms with Crippen LogP contribution >= 0.6 is 11.6 Å². The van der Waals surface area contributed by atoms with Gasteiger partial charge in [-0.3, -0.25) is 4.79 Å². The Morgan fingerprint density at radius 2 is 1.94 bits per heavy atom. The molecule has 180 valence electrons. The average Bonchev–Trinajstić information content (AvgIpc) is 3.39. The minimum atomic E-state index is -3.89. The zero-order chi connectivity index (χ0) is 24.2. The number of carbonyl (C=O) groups is 1. The molecule has 0 spiro atoms. The van der Waals surface area contributed by atoms with Crippen LogP contribution in [0.5, 0.6) is 0 Å². The number of methoxy groups -OCH3 is 1. The van der Waals surface area contributed by atoms with Crippen molar-refractivity contribution >= 4 is 38.8 Å². The first-order valence-electron chi connectivity index (χ1n) is 11.4. The molecule has 1 aliphatic carbocycles. The van der Waals surface area contributed by atoms with Gasteiger partial charge in [0.15, 0.2) is 5.65 Å². The molecule has 2 fully saturated rings. The van der Waals surface area contributed by atoms with Crippen LogP contribution in [0.2, 0.25) is 5.02 Å². The van der Waals surface area contributed by atoms with E-state index in [0.29, 0.717) is 30.3 Å². The number of pyridine rings is 1. The number of hydrogen-bond donors (Lipinski definition) is 0. The van der Waals surface area contributed by atoms with Crippen LogP contribution in [0, 0.1) is 13.8 Å². The average molecular weight is 503 g/mol. The Balaban J connectivity index is 1.49. The maximum atomic E-state index is 13.3. The van der Waals surface area contributed by atoms with Gasteiger partial charge in [-0.1, -0.05) is 17.7 Å². The Morgan fingerprint density at radius 1 is 1.18 bits per heavy atom. The number of rotatable bonds is 6. The summed E-state index contributed by atoms with van der Waals surface area (Å²) in [5, 5.41) is 0.350. The zero-order valence-corrected chi connectivity index (χ0v) is 21.0. The molecule has 3 aromatic rings. The van der Waals surface area contributed by atoms with Gasteiger partial charge in [0.2, 0.25) is 10.0 Å².